The first-order chi connectivity index (χ1) is 8.04. The number of ether oxygens (including phenoxy) is 1. The lowest BCUT2D eigenvalue weighted by atomic mass is 10.2. The minimum atomic E-state index is -1.09. The molecule has 7 heteroatoms. The molecule has 3 N–H and O–H groups in total. The zero-order chi connectivity index (χ0) is 12.8. The van der Waals surface area contributed by atoms with Crippen molar-refractivity contribution in [2.75, 3.05) is 13.7 Å². The maximum atomic E-state index is 11.6. The summed E-state index contributed by atoms with van der Waals surface area (Å²) >= 11 is 0. The van der Waals surface area contributed by atoms with Crippen LogP contribution in [0.3, 0.4) is 0 Å². The Kier molecular flexibility index (Phi) is 4.65. The summed E-state index contributed by atoms with van der Waals surface area (Å²) in [7, 11) is 1.47. The van der Waals surface area contributed by atoms with Gasteiger partial charge in [0.05, 0.1) is 0 Å². The summed E-state index contributed by atoms with van der Waals surface area (Å²) in [6, 6.07) is 0.573. The Morgan fingerprint density at radius 2 is 2.35 bits per heavy atom. The summed E-state index contributed by atoms with van der Waals surface area (Å²) in [5.41, 5.74) is 0.907. The maximum absolute atomic E-state index is 11.6. The predicted molar refractivity (Wildman–Crippen MR) is 58.7 cm³/mol. The van der Waals surface area contributed by atoms with E-state index in [1.54, 1.807) is 13.0 Å². The van der Waals surface area contributed by atoms with Crippen LogP contribution in [0.5, 0.6) is 0 Å². The molecule has 1 heterocycles. The van der Waals surface area contributed by atoms with Gasteiger partial charge in [0, 0.05) is 25.8 Å². The first kappa shape index (κ1) is 13.2. The van der Waals surface area contributed by atoms with Crippen LogP contribution < -0.4 is 5.32 Å². The lowest BCUT2D eigenvalue weighted by Crippen LogP contribution is -2.41. The molecule has 0 saturated carbocycles. The van der Waals surface area contributed by atoms with E-state index in [2.05, 4.69) is 15.5 Å². The number of aliphatic carboxylic acids is 1. The number of rotatable bonds is 6. The molecule has 1 amide bonds. The lowest BCUT2D eigenvalue weighted by Gasteiger charge is -2.12. The molecule has 0 radical (unpaired) electrons. The Morgan fingerprint density at radius 3 is 2.82 bits per heavy atom. The van der Waals surface area contributed by atoms with Crippen LogP contribution in [0, 0.1) is 6.92 Å². The smallest absolute Gasteiger partial charge is 0.326 e. The molecule has 0 fully saturated rings. The number of methoxy groups -OCH3 is 1. The molecule has 1 atom stereocenters. The van der Waals surface area contributed by atoms with Gasteiger partial charge in [-0.25, -0.2) is 4.79 Å². The van der Waals surface area contributed by atoms with Crippen molar-refractivity contribution in [3.8, 4) is 0 Å². The molecule has 1 aromatic heterocycles. The van der Waals surface area contributed by atoms with Gasteiger partial charge < -0.3 is 15.2 Å². The van der Waals surface area contributed by atoms with Crippen LogP contribution in [0.15, 0.2) is 6.07 Å². The fourth-order valence-electron chi connectivity index (χ4n) is 1.26. The Bertz CT molecular complexity index is 402. The monoisotopic (exact) mass is 241 g/mol. The molecule has 0 aliphatic heterocycles. The summed E-state index contributed by atoms with van der Waals surface area (Å²) in [6.07, 6.45) is 0.209. The number of H-pyrrole nitrogens is 1. The van der Waals surface area contributed by atoms with Gasteiger partial charge in [0.1, 0.15) is 11.7 Å². The van der Waals surface area contributed by atoms with Crippen LogP contribution in [0.4, 0.5) is 0 Å². The zero-order valence-electron chi connectivity index (χ0n) is 9.69. The van der Waals surface area contributed by atoms with E-state index in [1.165, 1.54) is 7.11 Å². The van der Waals surface area contributed by atoms with Crippen molar-refractivity contribution in [2.45, 2.75) is 19.4 Å². The second kappa shape index (κ2) is 6.00. The molecule has 0 aliphatic rings. The number of amides is 1. The fraction of sp³-hybridized carbons (Fsp3) is 0.500. The van der Waals surface area contributed by atoms with E-state index in [9.17, 15) is 9.59 Å². The van der Waals surface area contributed by atoms with Gasteiger partial charge in [0.2, 0.25) is 0 Å². The molecule has 0 saturated heterocycles. The second-order valence-electron chi connectivity index (χ2n) is 3.58. The SMILES string of the molecule is COCCC(NC(=O)c1cc(C)[nH]n1)C(=O)O. The van der Waals surface area contributed by atoms with Crippen LogP contribution >= 0.6 is 0 Å². The third kappa shape index (κ3) is 3.87. The van der Waals surface area contributed by atoms with Gasteiger partial charge in [-0.15, -0.1) is 0 Å². The molecular formula is C10H15N3O4. The number of aromatic amines is 1. The number of aromatic nitrogens is 2. The number of nitrogens with zero attached hydrogens (tertiary/aromatic N) is 1. The van der Waals surface area contributed by atoms with Crippen molar-refractivity contribution in [1.82, 2.24) is 15.5 Å². The van der Waals surface area contributed by atoms with E-state index in [0.29, 0.717) is 0 Å². The minimum Gasteiger partial charge on any atom is -0.480 e. The summed E-state index contributed by atoms with van der Waals surface area (Å²) in [6.45, 7) is 2.01. The normalized spacial score (nSPS) is 12.1. The molecule has 0 aliphatic carbocycles. The van der Waals surface area contributed by atoms with Gasteiger partial charge in [-0.05, 0) is 13.0 Å². The molecule has 94 valence electrons. The second-order valence-corrected chi connectivity index (χ2v) is 3.58. The number of hydrogen-bond donors (Lipinski definition) is 3. The van der Waals surface area contributed by atoms with Crippen molar-refractivity contribution in [3.63, 3.8) is 0 Å². The number of nitrogens with one attached hydrogen (secondary N) is 2. The summed E-state index contributed by atoms with van der Waals surface area (Å²) in [5.74, 6) is -1.61. The topological polar surface area (TPSA) is 104 Å². The largest absolute Gasteiger partial charge is 0.480 e. The fourth-order valence-corrected chi connectivity index (χ4v) is 1.26. The van der Waals surface area contributed by atoms with Crippen molar-refractivity contribution in [2.24, 2.45) is 0 Å². The average Bonchev–Trinajstić information content (AvgIpc) is 2.70. The number of carbonyl (C=O) groups excluding carboxylic acids is 1. The van der Waals surface area contributed by atoms with Gasteiger partial charge in [-0.1, -0.05) is 0 Å². The molecule has 7 nitrogen and oxygen atoms in total. The molecule has 1 unspecified atom stereocenters. The molecule has 0 spiro atoms. The zero-order valence-corrected chi connectivity index (χ0v) is 9.69. The first-order valence-corrected chi connectivity index (χ1v) is 5.09. The standard InChI is InChI=1S/C10H15N3O4/c1-6-5-8(13-12-6)9(14)11-7(10(15)16)3-4-17-2/h5,7H,3-4H2,1-2H3,(H,11,14)(H,12,13)(H,15,16). The highest BCUT2D eigenvalue weighted by molar-refractivity contribution is 5.94. The summed E-state index contributed by atoms with van der Waals surface area (Å²) < 4.78 is 4.78. The number of aryl methyl sites for hydroxylation is 1. The quantitative estimate of drug-likeness (QED) is 0.647. The van der Waals surface area contributed by atoms with Crippen molar-refractivity contribution < 1.29 is 19.4 Å². The Morgan fingerprint density at radius 1 is 1.65 bits per heavy atom. The van der Waals surface area contributed by atoms with Gasteiger partial charge in [0.25, 0.3) is 5.91 Å². The number of carbonyl (C=O) groups is 2. The van der Waals surface area contributed by atoms with Crippen molar-refractivity contribution in [3.05, 3.63) is 17.5 Å². The lowest BCUT2D eigenvalue weighted by molar-refractivity contribution is -0.139. The van der Waals surface area contributed by atoms with E-state index in [-0.39, 0.29) is 18.7 Å². The molecule has 17 heavy (non-hydrogen) atoms. The maximum Gasteiger partial charge on any atom is 0.326 e. The van der Waals surface area contributed by atoms with Crippen LogP contribution in [-0.4, -0.2) is 46.9 Å². The molecule has 1 rings (SSSR count). The van der Waals surface area contributed by atoms with E-state index in [1.807, 2.05) is 0 Å². The minimum absolute atomic E-state index is 0.172. The average molecular weight is 241 g/mol. The van der Waals surface area contributed by atoms with Gasteiger partial charge in [0.15, 0.2) is 0 Å². The molecule has 0 aromatic carbocycles. The predicted octanol–water partition coefficient (Wildman–Crippen LogP) is -0.0624. The molecule has 1 aromatic rings. The van der Waals surface area contributed by atoms with Crippen molar-refractivity contribution in [1.29, 1.82) is 0 Å². The van der Waals surface area contributed by atoms with E-state index < -0.39 is 17.9 Å². The number of hydrogen-bond acceptors (Lipinski definition) is 4. The molecular weight excluding hydrogens is 226 g/mol. The van der Waals surface area contributed by atoms with E-state index in [4.69, 9.17) is 9.84 Å². The Balaban J connectivity index is 2.60. The molecule has 0 bridgehead atoms. The number of carboxylic acid groups (broad SMARTS) is 1. The third-order valence-corrected chi connectivity index (χ3v) is 2.15. The highest BCUT2D eigenvalue weighted by Gasteiger charge is 2.21. The Hall–Kier alpha value is -1.89. The highest BCUT2D eigenvalue weighted by atomic mass is 16.5. The third-order valence-electron chi connectivity index (χ3n) is 2.15. The first-order valence-electron chi connectivity index (χ1n) is 5.09. The van der Waals surface area contributed by atoms with E-state index >= 15 is 0 Å². The van der Waals surface area contributed by atoms with Crippen molar-refractivity contribution >= 4 is 11.9 Å². The summed E-state index contributed by atoms with van der Waals surface area (Å²) in [4.78, 5) is 22.5. The Labute approximate surface area is 98.2 Å². The number of carboxylic acids is 1. The van der Waals surface area contributed by atoms with E-state index in [0.717, 1.165) is 5.69 Å². The summed E-state index contributed by atoms with van der Waals surface area (Å²) in [5, 5.41) is 17.6. The van der Waals surface area contributed by atoms with Crippen LogP contribution in [0.2, 0.25) is 0 Å². The van der Waals surface area contributed by atoms with Gasteiger partial charge >= 0.3 is 5.97 Å². The van der Waals surface area contributed by atoms with Gasteiger partial charge in [-0.2, -0.15) is 5.10 Å². The highest BCUT2D eigenvalue weighted by Crippen LogP contribution is 2.00. The van der Waals surface area contributed by atoms with Gasteiger partial charge in [-0.3, -0.25) is 9.89 Å². The van der Waals surface area contributed by atoms with Crippen LogP contribution in [0.25, 0.3) is 0 Å². The van der Waals surface area contributed by atoms with Crippen LogP contribution in [-0.2, 0) is 9.53 Å². The van der Waals surface area contributed by atoms with Crippen LogP contribution in [0.1, 0.15) is 22.6 Å².